The molecule has 0 aliphatic heterocycles. The first-order valence-corrected chi connectivity index (χ1v) is 9.16. The van der Waals surface area contributed by atoms with Gasteiger partial charge in [-0.3, -0.25) is 4.79 Å². The van der Waals surface area contributed by atoms with Crippen molar-refractivity contribution in [2.75, 3.05) is 19.6 Å². The highest BCUT2D eigenvalue weighted by Gasteiger charge is 2.46. The van der Waals surface area contributed by atoms with Crippen LogP contribution in [0.15, 0.2) is 54.6 Å². The van der Waals surface area contributed by atoms with Crippen LogP contribution in [0.5, 0.6) is 5.75 Å². The Bertz CT molecular complexity index is 761. The molecule has 2 aromatic carbocycles. The maximum atomic E-state index is 12.9. The van der Waals surface area contributed by atoms with Crippen molar-refractivity contribution in [1.82, 2.24) is 4.90 Å². The summed E-state index contributed by atoms with van der Waals surface area (Å²) in [6.07, 6.45) is 1.41. The molecular weight excluding hydrogens is 386 g/mol. The molecule has 2 atom stereocenters. The molecule has 1 aliphatic rings. The molecule has 2 aromatic rings. The third-order valence-corrected chi connectivity index (χ3v) is 4.87. The molecule has 0 saturated heterocycles. The number of rotatable bonds is 9. The molecule has 0 radical (unpaired) electrons. The van der Waals surface area contributed by atoms with Gasteiger partial charge in [0.25, 0.3) is 0 Å². The van der Waals surface area contributed by atoms with Crippen LogP contribution in [0.25, 0.3) is 0 Å². The van der Waals surface area contributed by atoms with Crippen molar-refractivity contribution < 1.29 is 18.3 Å². The Morgan fingerprint density at radius 1 is 1.11 bits per heavy atom. The number of halogens is 3. The zero-order valence-electron chi connectivity index (χ0n) is 15.5. The fourth-order valence-corrected chi connectivity index (χ4v) is 3.43. The predicted octanol–water partition coefficient (Wildman–Crippen LogP) is 3.84. The van der Waals surface area contributed by atoms with E-state index in [4.69, 9.17) is 5.73 Å². The third kappa shape index (κ3) is 5.66. The molecule has 152 valence electrons. The number of nitrogens with zero attached hydrogens (tertiary/aromatic N) is 1. The molecule has 28 heavy (non-hydrogen) atoms. The summed E-state index contributed by atoms with van der Waals surface area (Å²) in [6, 6.07) is 16.7. The van der Waals surface area contributed by atoms with Crippen LogP contribution in [-0.4, -0.2) is 37.1 Å². The highest BCUT2D eigenvalue weighted by molar-refractivity contribution is 5.85. The molecule has 2 unspecified atom stereocenters. The standard InChI is InChI=1S/C21H24F2N2O2.ClH/c22-21(23)27-19-9-5-4-8-16(19)17-14-18(17)20(26)25(13-11-24)12-10-15-6-2-1-3-7-15;/h1-9,17-18,21H,10-14,24H2;1H. The second-order valence-electron chi connectivity index (χ2n) is 6.71. The molecule has 7 heteroatoms. The lowest BCUT2D eigenvalue weighted by Gasteiger charge is -2.22. The van der Waals surface area contributed by atoms with E-state index in [-0.39, 0.29) is 35.9 Å². The van der Waals surface area contributed by atoms with Crippen molar-refractivity contribution in [3.05, 3.63) is 65.7 Å². The Morgan fingerprint density at radius 3 is 2.46 bits per heavy atom. The maximum Gasteiger partial charge on any atom is 0.387 e. The molecule has 0 aromatic heterocycles. The van der Waals surface area contributed by atoms with E-state index in [1.165, 1.54) is 6.07 Å². The van der Waals surface area contributed by atoms with Crippen molar-refractivity contribution in [3.8, 4) is 5.75 Å². The molecule has 0 spiro atoms. The van der Waals surface area contributed by atoms with Crippen LogP contribution < -0.4 is 10.5 Å². The van der Waals surface area contributed by atoms with E-state index >= 15 is 0 Å². The van der Waals surface area contributed by atoms with E-state index in [0.717, 1.165) is 12.0 Å². The molecule has 1 saturated carbocycles. The highest BCUT2D eigenvalue weighted by atomic mass is 35.5. The number of nitrogens with two attached hydrogens (primary N) is 1. The van der Waals surface area contributed by atoms with E-state index < -0.39 is 6.61 Å². The SMILES string of the molecule is Cl.NCCN(CCc1ccccc1)C(=O)C1CC1c1ccccc1OC(F)F. The van der Waals surface area contributed by atoms with Crippen molar-refractivity contribution >= 4 is 18.3 Å². The first-order chi connectivity index (χ1) is 13.1. The summed E-state index contributed by atoms with van der Waals surface area (Å²) in [5.74, 6) is -0.0881. The van der Waals surface area contributed by atoms with Gasteiger partial charge in [-0.05, 0) is 36.0 Å². The van der Waals surface area contributed by atoms with Crippen LogP contribution in [0.2, 0.25) is 0 Å². The van der Waals surface area contributed by atoms with Crippen LogP contribution in [-0.2, 0) is 11.2 Å². The van der Waals surface area contributed by atoms with Crippen molar-refractivity contribution in [1.29, 1.82) is 0 Å². The van der Waals surface area contributed by atoms with Gasteiger partial charge in [0, 0.05) is 25.6 Å². The summed E-state index contributed by atoms with van der Waals surface area (Å²) in [5.41, 5.74) is 7.52. The number of hydrogen-bond donors (Lipinski definition) is 1. The Morgan fingerprint density at radius 2 is 1.79 bits per heavy atom. The molecule has 0 heterocycles. The number of para-hydroxylation sites is 1. The number of benzene rings is 2. The molecule has 4 nitrogen and oxygen atoms in total. The van der Waals surface area contributed by atoms with Crippen LogP contribution in [0.1, 0.15) is 23.5 Å². The van der Waals surface area contributed by atoms with Gasteiger partial charge in [-0.2, -0.15) is 8.78 Å². The first kappa shape index (κ1) is 22.1. The van der Waals surface area contributed by atoms with E-state index in [1.807, 2.05) is 30.3 Å². The van der Waals surface area contributed by atoms with Crippen LogP contribution in [0, 0.1) is 5.92 Å². The number of alkyl halides is 2. The second kappa shape index (κ2) is 10.4. The Balaban J connectivity index is 0.00000280. The van der Waals surface area contributed by atoms with Crippen molar-refractivity contribution in [2.24, 2.45) is 11.7 Å². The number of carbonyl (C=O) groups is 1. The Kier molecular flexibility index (Phi) is 8.20. The van der Waals surface area contributed by atoms with Gasteiger partial charge in [0.15, 0.2) is 0 Å². The molecule has 1 fully saturated rings. The fraction of sp³-hybridized carbons (Fsp3) is 0.381. The van der Waals surface area contributed by atoms with Gasteiger partial charge in [-0.1, -0.05) is 48.5 Å². The Hall–Kier alpha value is -2.18. The van der Waals surface area contributed by atoms with Crippen LogP contribution in [0.4, 0.5) is 8.78 Å². The number of amides is 1. The summed E-state index contributed by atoms with van der Waals surface area (Å²) in [4.78, 5) is 14.7. The largest absolute Gasteiger partial charge is 0.435 e. The van der Waals surface area contributed by atoms with Gasteiger partial charge in [0.1, 0.15) is 5.75 Å². The lowest BCUT2D eigenvalue weighted by Crippen LogP contribution is -2.38. The van der Waals surface area contributed by atoms with Gasteiger partial charge in [-0.15, -0.1) is 12.4 Å². The van der Waals surface area contributed by atoms with Gasteiger partial charge in [-0.25, -0.2) is 0 Å². The average molecular weight is 411 g/mol. The molecule has 1 aliphatic carbocycles. The summed E-state index contributed by atoms with van der Waals surface area (Å²) >= 11 is 0. The van der Waals surface area contributed by atoms with E-state index in [0.29, 0.717) is 31.6 Å². The van der Waals surface area contributed by atoms with Gasteiger partial charge in [0.2, 0.25) is 5.91 Å². The third-order valence-electron chi connectivity index (χ3n) is 4.87. The minimum absolute atomic E-state index is 0. The van der Waals surface area contributed by atoms with E-state index in [2.05, 4.69) is 4.74 Å². The molecular formula is C21H25ClF2N2O2. The molecule has 0 bridgehead atoms. The van der Waals surface area contributed by atoms with Gasteiger partial charge >= 0.3 is 6.61 Å². The lowest BCUT2D eigenvalue weighted by atomic mass is 10.1. The number of carbonyl (C=O) groups excluding carboxylic acids is 1. The Labute approximate surface area is 170 Å². The van der Waals surface area contributed by atoms with E-state index in [9.17, 15) is 13.6 Å². The van der Waals surface area contributed by atoms with Crippen molar-refractivity contribution in [2.45, 2.75) is 25.4 Å². The van der Waals surface area contributed by atoms with Crippen LogP contribution >= 0.6 is 12.4 Å². The predicted molar refractivity (Wildman–Crippen MR) is 107 cm³/mol. The second-order valence-corrected chi connectivity index (χ2v) is 6.71. The monoisotopic (exact) mass is 410 g/mol. The zero-order chi connectivity index (χ0) is 19.2. The number of ether oxygens (including phenoxy) is 1. The van der Waals surface area contributed by atoms with Gasteiger partial charge < -0.3 is 15.4 Å². The fourth-order valence-electron chi connectivity index (χ4n) is 3.43. The highest BCUT2D eigenvalue weighted by Crippen LogP contribution is 2.51. The quantitative estimate of drug-likeness (QED) is 0.683. The topological polar surface area (TPSA) is 55.6 Å². The summed E-state index contributed by atoms with van der Waals surface area (Å²) in [6.45, 7) is -1.40. The molecule has 1 amide bonds. The van der Waals surface area contributed by atoms with Gasteiger partial charge in [0.05, 0.1) is 0 Å². The van der Waals surface area contributed by atoms with Crippen LogP contribution in [0.3, 0.4) is 0 Å². The summed E-state index contributed by atoms with van der Waals surface area (Å²) < 4.78 is 29.8. The zero-order valence-corrected chi connectivity index (χ0v) is 16.3. The summed E-state index contributed by atoms with van der Waals surface area (Å²) in [5, 5.41) is 0. The first-order valence-electron chi connectivity index (χ1n) is 9.16. The summed E-state index contributed by atoms with van der Waals surface area (Å²) in [7, 11) is 0. The van der Waals surface area contributed by atoms with Crippen molar-refractivity contribution in [3.63, 3.8) is 0 Å². The van der Waals surface area contributed by atoms with E-state index in [1.54, 1.807) is 23.1 Å². The molecule has 2 N–H and O–H groups in total. The minimum Gasteiger partial charge on any atom is -0.435 e. The minimum atomic E-state index is -2.88. The molecule has 3 rings (SSSR count). The maximum absolute atomic E-state index is 12.9. The lowest BCUT2D eigenvalue weighted by molar-refractivity contribution is -0.132. The normalized spacial score (nSPS) is 17.7. The average Bonchev–Trinajstić information content (AvgIpc) is 3.46. The smallest absolute Gasteiger partial charge is 0.387 e. The number of hydrogen-bond acceptors (Lipinski definition) is 3.